The fraction of sp³-hybridized carbons (Fsp3) is 0.312. The number of benzene rings is 1. The number of anilines is 1. The number of rotatable bonds is 1. The first-order chi connectivity index (χ1) is 8.99. The lowest BCUT2D eigenvalue weighted by Crippen LogP contribution is -2.24. The minimum absolute atomic E-state index is 0.00160. The average Bonchev–Trinajstić information content (AvgIpc) is 2.60. The van der Waals surface area contributed by atoms with Gasteiger partial charge in [0.25, 0.3) is 0 Å². The molecule has 1 aromatic heterocycles. The summed E-state index contributed by atoms with van der Waals surface area (Å²) in [6, 6.07) is 7.34. The van der Waals surface area contributed by atoms with Gasteiger partial charge in [0, 0.05) is 48.2 Å². The highest BCUT2D eigenvalue weighted by molar-refractivity contribution is 5.73. The van der Waals surface area contributed by atoms with E-state index in [1.807, 2.05) is 18.2 Å². The maximum Gasteiger partial charge on any atom is 0.131 e. The lowest BCUT2D eigenvalue weighted by molar-refractivity contribution is 0.556. The Labute approximate surface area is 112 Å². The number of hydrogen-bond acceptors (Lipinski definition) is 2. The molecule has 2 heterocycles. The van der Waals surface area contributed by atoms with E-state index < -0.39 is 0 Å². The van der Waals surface area contributed by atoms with Crippen molar-refractivity contribution in [2.75, 3.05) is 18.5 Å². The molecule has 2 nitrogen and oxygen atoms in total. The predicted octanol–water partition coefficient (Wildman–Crippen LogP) is 3.62. The molecule has 0 saturated carbocycles. The second-order valence-electron chi connectivity index (χ2n) is 5.83. The summed E-state index contributed by atoms with van der Waals surface area (Å²) in [6.07, 6.45) is 3.40. The minimum atomic E-state index is -0.171. The summed E-state index contributed by atoms with van der Waals surface area (Å²) in [5.41, 5.74) is 3.64. The standard InChI is InChI=1S/C16H17FN2/c1-16(2)10-19(3)15-7-12(14(17)8-13(15)16)11-5-4-6-18-9-11/h4-9H,10H2,1-3H3. The van der Waals surface area contributed by atoms with Crippen molar-refractivity contribution < 1.29 is 4.39 Å². The first-order valence-electron chi connectivity index (χ1n) is 6.44. The van der Waals surface area contributed by atoms with Crippen molar-refractivity contribution in [2.24, 2.45) is 0 Å². The monoisotopic (exact) mass is 256 g/mol. The fourth-order valence-corrected chi connectivity index (χ4v) is 2.93. The van der Waals surface area contributed by atoms with Crippen LogP contribution < -0.4 is 4.90 Å². The molecule has 0 atom stereocenters. The van der Waals surface area contributed by atoms with Gasteiger partial charge in [-0.05, 0) is 23.8 Å². The normalized spacial score (nSPS) is 16.5. The molecule has 3 rings (SSSR count). The van der Waals surface area contributed by atoms with E-state index in [2.05, 4.69) is 30.8 Å². The van der Waals surface area contributed by atoms with E-state index >= 15 is 0 Å². The van der Waals surface area contributed by atoms with Crippen LogP contribution in [0.25, 0.3) is 11.1 Å². The van der Waals surface area contributed by atoms with Crippen LogP contribution in [0.15, 0.2) is 36.7 Å². The Morgan fingerprint density at radius 3 is 2.79 bits per heavy atom. The molecule has 1 aromatic carbocycles. The van der Waals surface area contributed by atoms with E-state index in [-0.39, 0.29) is 11.2 Å². The van der Waals surface area contributed by atoms with Crippen molar-refractivity contribution in [3.05, 3.63) is 48.0 Å². The SMILES string of the molecule is CN1CC(C)(C)c2cc(F)c(-c3cccnc3)cc21. The van der Waals surface area contributed by atoms with Crippen molar-refractivity contribution in [3.63, 3.8) is 0 Å². The summed E-state index contributed by atoms with van der Waals surface area (Å²) in [5, 5.41) is 0. The zero-order chi connectivity index (χ0) is 13.6. The third kappa shape index (κ3) is 1.89. The number of hydrogen-bond donors (Lipinski definition) is 0. The predicted molar refractivity (Wildman–Crippen MR) is 75.9 cm³/mol. The Bertz CT molecular complexity index is 620. The highest BCUT2D eigenvalue weighted by atomic mass is 19.1. The Kier molecular flexibility index (Phi) is 2.59. The summed E-state index contributed by atoms with van der Waals surface area (Å²) in [4.78, 5) is 6.25. The summed E-state index contributed by atoms with van der Waals surface area (Å²) < 4.78 is 14.4. The van der Waals surface area contributed by atoms with Gasteiger partial charge in [-0.25, -0.2) is 4.39 Å². The van der Waals surface area contributed by atoms with Crippen molar-refractivity contribution in [1.29, 1.82) is 0 Å². The summed E-state index contributed by atoms with van der Waals surface area (Å²) >= 11 is 0. The smallest absolute Gasteiger partial charge is 0.131 e. The van der Waals surface area contributed by atoms with Gasteiger partial charge in [-0.3, -0.25) is 4.98 Å². The van der Waals surface area contributed by atoms with Crippen LogP contribution in [0.4, 0.5) is 10.1 Å². The van der Waals surface area contributed by atoms with E-state index in [0.717, 1.165) is 23.4 Å². The van der Waals surface area contributed by atoms with Crippen LogP contribution in [0.3, 0.4) is 0 Å². The van der Waals surface area contributed by atoms with Crippen molar-refractivity contribution in [1.82, 2.24) is 4.98 Å². The van der Waals surface area contributed by atoms with Gasteiger partial charge in [0.2, 0.25) is 0 Å². The summed E-state index contributed by atoms with van der Waals surface area (Å²) in [7, 11) is 2.05. The molecule has 98 valence electrons. The van der Waals surface area contributed by atoms with Gasteiger partial charge in [0.15, 0.2) is 0 Å². The third-order valence-electron chi connectivity index (χ3n) is 3.83. The molecular weight excluding hydrogens is 239 g/mol. The molecule has 1 aliphatic heterocycles. The quantitative estimate of drug-likeness (QED) is 0.774. The topological polar surface area (TPSA) is 16.1 Å². The lowest BCUT2D eigenvalue weighted by Gasteiger charge is -2.18. The van der Waals surface area contributed by atoms with Crippen LogP contribution in [0, 0.1) is 5.82 Å². The van der Waals surface area contributed by atoms with E-state index in [0.29, 0.717) is 5.56 Å². The van der Waals surface area contributed by atoms with Crippen LogP contribution in [-0.2, 0) is 5.41 Å². The third-order valence-corrected chi connectivity index (χ3v) is 3.83. The minimum Gasteiger partial charge on any atom is -0.373 e. The second kappa shape index (κ2) is 4.05. The Morgan fingerprint density at radius 2 is 2.11 bits per heavy atom. The molecule has 1 aliphatic rings. The molecule has 2 aromatic rings. The zero-order valence-electron chi connectivity index (χ0n) is 11.4. The van der Waals surface area contributed by atoms with Crippen molar-refractivity contribution in [2.45, 2.75) is 19.3 Å². The molecule has 3 heteroatoms. The molecule has 0 unspecified atom stereocenters. The van der Waals surface area contributed by atoms with Gasteiger partial charge >= 0.3 is 0 Å². The maximum absolute atomic E-state index is 14.4. The van der Waals surface area contributed by atoms with E-state index in [1.165, 1.54) is 0 Å². The Hall–Kier alpha value is -1.90. The van der Waals surface area contributed by atoms with Crippen LogP contribution in [0.5, 0.6) is 0 Å². The number of aromatic nitrogens is 1. The van der Waals surface area contributed by atoms with E-state index in [9.17, 15) is 4.39 Å². The lowest BCUT2D eigenvalue weighted by atomic mass is 9.86. The van der Waals surface area contributed by atoms with Gasteiger partial charge in [-0.1, -0.05) is 19.9 Å². The molecule has 0 radical (unpaired) electrons. The number of halogens is 1. The Balaban J connectivity index is 2.19. The van der Waals surface area contributed by atoms with E-state index in [4.69, 9.17) is 0 Å². The summed E-state index contributed by atoms with van der Waals surface area (Å²) in [5.74, 6) is -0.171. The molecule has 0 amide bonds. The highest BCUT2D eigenvalue weighted by Gasteiger charge is 2.34. The largest absolute Gasteiger partial charge is 0.373 e. The van der Waals surface area contributed by atoms with Gasteiger partial charge in [0.05, 0.1) is 0 Å². The van der Waals surface area contributed by atoms with Gasteiger partial charge in [-0.15, -0.1) is 0 Å². The van der Waals surface area contributed by atoms with Gasteiger partial charge in [-0.2, -0.15) is 0 Å². The first-order valence-corrected chi connectivity index (χ1v) is 6.44. The zero-order valence-corrected chi connectivity index (χ0v) is 11.4. The van der Waals surface area contributed by atoms with Crippen LogP contribution in [0.2, 0.25) is 0 Å². The molecule has 0 bridgehead atoms. The van der Waals surface area contributed by atoms with Crippen LogP contribution >= 0.6 is 0 Å². The summed E-state index contributed by atoms with van der Waals surface area (Å²) in [6.45, 7) is 5.22. The van der Waals surface area contributed by atoms with Gasteiger partial charge in [0.1, 0.15) is 5.82 Å². The average molecular weight is 256 g/mol. The number of likely N-dealkylation sites (N-methyl/N-ethyl adjacent to an activating group) is 1. The second-order valence-corrected chi connectivity index (χ2v) is 5.83. The maximum atomic E-state index is 14.4. The van der Waals surface area contributed by atoms with Crippen LogP contribution in [-0.4, -0.2) is 18.6 Å². The van der Waals surface area contributed by atoms with E-state index in [1.54, 1.807) is 18.5 Å². The van der Waals surface area contributed by atoms with Crippen molar-refractivity contribution in [3.8, 4) is 11.1 Å². The molecule has 0 saturated heterocycles. The molecule has 0 aliphatic carbocycles. The molecule has 0 fully saturated rings. The molecule has 0 N–H and O–H groups in total. The first kappa shape index (κ1) is 12.2. The Morgan fingerprint density at radius 1 is 1.32 bits per heavy atom. The van der Waals surface area contributed by atoms with Crippen LogP contribution in [0.1, 0.15) is 19.4 Å². The number of fused-ring (bicyclic) bond motifs is 1. The molecular formula is C16H17FN2. The van der Waals surface area contributed by atoms with Crippen molar-refractivity contribution >= 4 is 5.69 Å². The van der Waals surface area contributed by atoms with Gasteiger partial charge < -0.3 is 4.90 Å². The number of nitrogens with zero attached hydrogens (tertiary/aromatic N) is 2. The molecule has 0 spiro atoms. The molecule has 19 heavy (non-hydrogen) atoms. The highest BCUT2D eigenvalue weighted by Crippen LogP contribution is 2.42. The number of pyridine rings is 1. The fourth-order valence-electron chi connectivity index (χ4n) is 2.93.